The average Bonchev–Trinajstić information content (AvgIpc) is 2.48. The predicted molar refractivity (Wildman–Crippen MR) is 90.7 cm³/mol. The maximum atomic E-state index is 13.9. The number of thiocarbonyl (C=S) groups is 1. The maximum absolute atomic E-state index is 13.9. The van der Waals surface area contributed by atoms with Crippen LogP contribution in [0.4, 0.5) is 23.2 Å². The Balaban J connectivity index is 2.04. The van der Waals surface area contributed by atoms with Crippen LogP contribution in [0.3, 0.4) is 0 Å². The number of nitrogens with one attached hydrogen (secondary N) is 2. The summed E-state index contributed by atoms with van der Waals surface area (Å²) in [7, 11) is 0. The summed E-state index contributed by atoms with van der Waals surface area (Å²) < 4.78 is 52.0. The molecular formula is C16H13ClF4N2S. The van der Waals surface area contributed by atoms with Gasteiger partial charge in [0.1, 0.15) is 5.82 Å². The van der Waals surface area contributed by atoms with E-state index in [-0.39, 0.29) is 17.2 Å². The largest absolute Gasteiger partial charge is 0.419 e. The second kappa shape index (κ2) is 7.36. The molecule has 2 rings (SSSR count). The minimum atomic E-state index is -4.74. The zero-order chi connectivity index (χ0) is 17.9. The van der Waals surface area contributed by atoms with Crippen molar-refractivity contribution in [1.29, 1.82) is 0 Å². The maximum Gasteiger partial charge on any atom is 0.419 e. The van der Waals surface area contributed by atoms with Crippen LogP contribution in [0.15, 0.2) is 36.4 Å². The number of hydrogen-bond donors (Lipinski definition) is 2. The Kier molecular flexibility index (Phi) is 5.66. The van der Waals surface area contributed by atoms with Crippen LogP contribution < -0.4 is 10.6 Å². The average molecular weight is 377 g/mol. The van der Waals surface area contributed by atoms with Crippen molar-refractivity contribution in [2.75, 3.05) is 5.32 Å². The lowest BCUT2D eigenvalue weighted by molar-refractivity contribution is -0.140. The van der Waals surface area contributed by atoms with Crippen LogP contribution in [0.2, 0.25) is 5.02 Å². The second-order valence-electron chi connectivity index (χ2n) is 5.04. The van der Waals surface area contributed by atoms with Crippen molar-refractivity contribution in [3.63, 3.8) is 0 Å². The van der Waals surface area contributed by atoms with Gasteiger partial charge in [-0.25, -0.2) is 4.39 Å². The third-order valence-electron chi connectivity index (χ3n) is 3.26. The molecule has 0 amide bonds. The quantitative estimate of drug-likeness (QED) is 0.562. The Morgan fingerprint density at radius 1 is 1.21 bits per heavy atom. The first-order valence-corrected chi connectivity index (χ1v) is 7.62. The zero-order valence-corrected chi connectivity index (χ0v) is 14.0. The first-order chi connectivity index (χ1) is 11.2. The molecule has 2 aromatic carbocycles. The Morgan fingerprint density at radius 3 is 2.54 bits per heavy atom. The molecule has 128 valence electrons. The van der Waals surface area contributed by atoms with Crippen LogP contribution in [0, 0.1) is 12.7 Å². The summed E-state index contributed by atoms with van der Waals surface area (Å²) in [5, 5.41) is 6.31. The fourth-order valence-electron chi connectivity index (χ4n) is 2.04. The molecule has 0 aromatic heterocycles. The van der Waals surface area contributed by atoms with Gasteiger partial charge in [-0.3, -0.25) is 0 Å². The van der Waals surface area contributed by atoms with Gasteiger partial charge in [-0.2, -0.15) is 13.2 Å². The monoisotopic (exact) mass is 376 g/mol. The first kappa shape index (κ1) is 18.5. The minimum absolute atomic E-state index is 0.123. The number of hydrogen-bond acceptors (Lipinski definition) is 1. The summed E-state index contributed by atoms with van der Waals surface area (Å²) in [6.45, 7) is 1.65. The van der Waals surface area contributed by atoms with E-state index in [1.165, 1.54) is 6.07 Å². The molecule has 0 bridgehead atoms. The van der Waals surface area contributed by atoms with Crippen molar-refractivity contribution in [2.24, 2.45) is 0 Å². The van der Waals surface area contributed by atoms with Crippen molar-refractivity contribution in [3.8, 4) is 0 Å². The second-order valence-corrected chi connectivity index (χ2v) is 5.89. The predicted octanol–water partition coefficient (Wildman–Crippen LogP) is 5.29. The molecule has 2 nitrogen and oxygen atoms in total. The SMILES string of the molecule is Cc1cc(Cl)ccc1NC(=S)NCc1cccc(C(F)(F)F)c1F. The topological polar surface area (TPSA) is 24.1 Å². The summed E-state index contributed by atoms with van der Waals surface area (Å²) in [6, 6.07) is 8.25. The fraction of sp³-hybridized carbons (Fsp3) is 0.188. The molecule has 0 spiro atoms. The van der Waals surface area contributed by atoms with Crippen LogP contribution in [0.5, 0.6) is 0 Å². The van der Waals surface area contributed by atoms with E-state index in [1.54, 1.807) is 18.2 Å². The number of rotatable bonds is 3. The van der Waals surface area contributed by atoms with Crippen LogP contribution in [0.25, 0.3) is 0 Å². The van der Waals surface area contributed by atoms with Gasteiger partial charge in [0, 0.05) is 22.8 Å². The molecular weight excluding hydrogens is 364 g/mol. The Labute approximate surface area is 146 Å². The van der Waals surface area contributed by atoms with Crippen LogP contribution in [-0.4, -0.2) is 5.11 Å². The van der Waals surface area contributed by atoms with Gasteiger partial charge >= 0.3 is 6.18 Å². The third kappa shape index (κ3) is 4.58. The van der Waals surface area contributed by atoms with Crippen molar-refractivity contribution < 1.29 is 17.6 Å². The molecule has 0 heterocycles. The summed E-state index contributed by atoms with van der Waals surface area (Å²) in [5.41, 5.74) is 0.120. The summed E-state index contributed by atoms with van der Waals surface area (Å²) in [4.78, 5) is 0. The van der Waals surface area contributed by atoms with Crippen molar-refractivity contribution in [2.45, 2.75) is 19.6 Å². The van der Waals surface area contributed by atoms with Crippen molar-refractivity contribution in [3.05, 3.63) is 63.9 Å². The molecule has 0 saturated carbocycles. The Hall–Kier alpha value is -1.86. The molecule has 24 heavy (non-hydrogen) atoms. The highest BCUT2D eigenvalue weighted by Gasteiger charge is 2.34. The molecule has 0 aliphatic rings. The summed E-state index contributed by atoms with van der Waals surface area (Å²) in [5.74, 6) is -1.30. The van der Waals surface area contributed by atoms with E-state index < -0.39 is 17.6 Å². The lowest BCUT2D eigenvalue weighted by Crippen LogP contribution is -2.28. The van der Waals surface area contributed by atoms with Gasteiger partial charge < -0.3 is 10.6 Å². The molecule has 8 heteroatoms. The van der Waals surface area contributed by atoms with Gasteiger partial charge in [-0.15, -0.1) is 0 Å². The molecule has 0 atom stereocenters. The van der Waals surface area contributed by atoms with E-state index in [2.05, 4.69) is 10.6 Å². The molecule has 0 aliphatic carbocycles. The normalized spacial score (nSPS) is 11.2. The van der Waals surface area contributed by atoms with E-state index in [0.717, 1.165) is 11.6 Å². The highest BCUT2D eigenvalue weighted by molar-refractivity contribution is 7.80. The third-order valence-corrected chi connectivity index (χ3v) is 3.74. The molecule has 0 saturated heterocycles. The van der Waals surface area contributed by atoms with E-state index in [0.29, 0.717) is 16.8 Å². The van der Waals surface area contributed by atoms with Crippen LogP contribution in [-0.2, 0) is 12.7 Å². The lowest BCUT2D eigenvalue weighted by atomic mass is 10.1. The highest BCUT2D eigenvalue weighted by Crippen LogP contribution is 2.32. The van der Waals surface area contributed by atoms with Gasteiger partial charge in [-0.1, -0.05) is 23.7 Å². The molecule has 0 unspecified atom stereocenters. The number of anilines is 1. The molecule has 2 aromatic rings. The van der Waals surface area contributed by atoms with Crippen LogP contribution in [0.1, 0.15) is 16.7 Å². The van der Waals surface area contributed by atoms with Crippen LogP contribution >= 0.6 is 23.8 Å². The van der Waals surface area contributed by atoms with Crippen molar-refractivity contribution in [1.82, 2.24) is 5.32 Å². The lowest BCUT2D eigenvalue weighted by Gasteiger charge is -2.14. The number of aryl methyl sites for hydroxylation is 1. The van der Waals surface area contributed by atoms with E-state index in [9.17, 15) is 17.6 Å². The van der Waals surface area contributed by atoms with E-state index in [4.69, 9.17) is 23.8 Å². The van der Waals surface area contributed by atoms with E-state index >= 15 is 0 Å². The van der Waals surface area contributed by atoms with Gasteiger partial charge in [-0.05, 0) is 49.0 Å². The van der Waals surface area contributed by atoms with Gasteiger partial charge in [0.05, 0.1) is 5.56 Å². The molecule has 0 aliphatic heterocycles. The van der Waals surface area contributed by atoms with Gasteiger partial charge in [0.2, 0.25) is 0 Å². The molecule has 2 N–H and O–H groups in total. The number of alkyl halides is 3. The summed E-state index contributed by atoms with van der Waals surface area (Å²) in [6.07, 6.45) is -4.74. The highest BCUT2D eigenvalue weighted by atomic mass is 35.5. The smallest absolute Gasteiger partial charge is 0.358 e. The number of benzene rings is 2. The molecule has 0 radical (unpaired) electrons. The summed E-state index contributed by atoms with van der Waals surface area (Å²) >= 11 is 10.9. The first-order valence-electron chi connectivity index (χ1n) is 6.84. The van der Waals surface area contributed by atoms with Gasteiger partial charge in [0.15, 0.2) is 5.11 Å². The Morgan fingerprint density at radius 2 is 1.92 bits per heavy atom. The zero-order valence-electron chi connectivity index (χ0n) is 12.5. The van der Waals surface area contributed by atoms with E-state index in [1.807, 2.05) is 6.92 Å². The van der Waals surface area contributed by atoms with Gasteiger partial charge in [0.25, 0.3) is 0 Å². The molecule has 0 fully saturated rings. The van der Waals surface area contributed by atoms with Crippen molar-refractivity contribution >= 4 is 34.6 Å². The number of halogens is 5. The minimum Gasteiger partial charge on any atom is -0.358 e. The Bertz CT molecular complexity index is 762. The standard InChI is InChI=1S/C16H13ClF4N2S/c1-9-7-11(17)5-6-13(9)23-15(24)22-8-10-3-2-4-12(14(10)18)16(19,20)21/h2-7H,8H2,1H3,(H2,22,23,24). The fourth-order valence-corrected chi connectivity index (χ4v) is 2.45.